The third kappa shape index (κ3) is 2.12. The number of carbonyl (C=O) groups is 2. The highest BCUT2D eigenvalue weighted by atomic mass is 35.5. The van der Waals surface area contributed by atoms with E-state index in [1.54, 1.807) is 4.68 Å². The Hall–Kier alpha value is -1.56. The number of hydrogen-bond acceptors (Lipinski definition) is 3. The monoisotopic (exact) mass is 256 g/mol. The molecule has 2 rings (SSSR count). The van der Waals surface area contributed by atoms with Crippen LogP contribution in [0, 0.1) is 6.92 Å². The average molecular weight is 257 g/mol. The third-order valence-corrected chi connectivity index (χ3v) is 3.15. The van der Waals surface area contributed by atoms with Crippen LogP contribution >= 0.6 is 11.6 Å². The first-order valence-electron chi connectivity index (χ1n) is 5.33. The molecular formula is C10H13ClN4O2. The van der Waals surface area contributed by atoms with Crippen molar-refractivity contribution >= 4 is 23.5 Å². The summed E-state index contributed by atoms with van der Waals surface area (Å²) in [5, 5.41) is 7.04. The van der Waals surface area contributed by atoms with Gasteiger partial charge in [0.15, 0.2) is 0 Å². The van der Waals surface area contributed by atoms with Crippen molar-refractivity contribution in [1.82, 2.24) is 20.0 Å². The number of nitrogens with one attached hydrogen (secondary N) is 1. The number of amides is 3. The van der Waals surface area contributed by atoms with Crippen LogP contribution in [0.15, 0.2) is 0 Å². The van der Waals surface area contributed by atoms with Crippen LogP contribution in [0.5, 0.6) is 0 Å². The van der Waals surface area contributed by atoms with Gasteiger partial charge in [0.25, 0.3) is 0 Å². The van der Waals surface area contributed by atoms with Crippen LogP contribution in [0.3, 0.4) is 0 Å². The highest BCUT2D eigenvalue weighted by molar-refractivity contribution is 6.31. The second-order valence-corrected chi connectivity index (χ2v) is 4.25. The predicted molar refractivity (Wildman–Crippen MR) is 61.6 cm³/mol. The van der Waals surface area contributed by atoms with Gasteiger partial charge in [0, 0.05) is 6.54 Å². The quantitative estimate of drug-likeness (QED) is 0.818. The molecule has 7 heteroatoms. The van der Waals surface area contributed by atoms with Crippen molar-refractivity contribution in [3.05, 3.63) is 16.4 Å². The summed E-state index contributed by atoms with van der Waals surface area (Å²) in [5.41, 5.74) is 1.49. The number of nitrogens with zero attached hydrogens (tertiary/aromatic N) is 3. The summed E-state index contributed by atoms with van der Waals surface area (Å²) in [5.74, 6) is -0.287. The van der Waals surface area contributed by atoms with Gasteiger partial charge >= 0.3 is 6.03 Å². The molecule has 3 amide bonds. The molecule has 92 valence electrons. The van der Waals surface area contributed by atoms with Gasteiger partial charge in [-0.2, -0.15) is 5.10 Å². The molecule has 1 aliphatic heterocycles. The van der Waals surface area contributed by atoms with E-state index in [-0.39, 0.29) is 18.5 Å². The van der Waals surface area contributed by atoms with E-state index in [0.29, 0.717) is 18.1 Å². The van der Waals surface area contributed by atoms with E-state index in [0.717, 1.165) is 11.4 Å². The second kappa shape index (κ2) is 4.37. The molecule has 0 saturated carbocycles. The summed E-state index contributed by atoms with van der Waals surface area (Å²) in [6.07, 6.45) is 0. The van der Waals surface area contributed by atoms with Gasteiger partial charge in [-0.25, -0.2) is 4.79 Å². The van der Waals surface area contributed by atoms with Gasteiger partial charge in [-0.1, -0.05) is 11.6 Å². The first kappa shape index (κ1) is 11.9. The van der Waals surface area contributed by atoms with Gasteiger partial charge in [-0.15, -0.1) is 0 Å². The molecule has 1 aliphatic rings. The summed E-state index contributed by atoms with van der Waals surface area (Å²) in [7, 11) is 0. The molecule has 0 spiro atoms. The Morgan fingerprint density at radius 3 is 2.71 bits per heavy atom. The predicted octanol–water partition coefficient (Wildman–Crippen LogP) is 0.917. The normalized spacial score (nSPS) is 15.6. The summed E-state index contributed by atoms with van der Waals surface area (Å²) < 4.78 is 1.74. The van der Waals surface area contributed by atoms with Gasteiger partial charge in [-0.3, -0.25) is 14.8 Å². The maximum atomic E-state index is 11.4. The number of carbonyl (C=O) groups excluding carboxylic acids is 2. The fourth-order valence-corrected chi connectivity index (χ4v) is 2.01. The van der Waals surface area contributed by atoms with Gasteiger partial charge in [-0.05, 0) is 13.8 Å². The Balaban J connectivity index is 2.24. The molecule has 0 bridgehead atoms. The van der Waals surface area contributed by atoms with E-state index in [9.17, 15) is 9.59 Å². The smallest absolute Gasteiger partial charge is 0.309 e. The molecule has 0 atom stereocenters. The Morgan fingerprint density at radius 2 is 2.18 bits per heavy atom. The minimum absolute atomic E-state index is 0.0725. The Kier molecular flexibility index (Phi) is 3.06. The molecule has 0 radical (unpaired) electrons. The van der Waals surface area contributed by atoms with Crippen LogP contribution in [0.2, 0.25) is 5.02 Å². The number of halogens is 1. The molecule has 6 nitrogen and oxygen atoms in total. The lowest BCUT2D eigenvalue weighted by atomic mass is 10.3. The molecule has 2 heterocycles. The fraction of sp³-hybridized carbons (Fsp3) is 0.500. The van der Waals surface area contributed by atoms with Crippen LogP contribution in [-0.2, 0) is 17.9 Å². The first-order chi connectivity index (χ1) is 8.02. The summed E-state index contributed by atoms with van der Waals surface area (Å²) >= 11 is 6.13. The number of aryl methyl sites for hydroxylation is 2. The largest absolute Gasteiger partial charge is 0.324 e. The number of rotatable bonds is 3. The van der Waals surface area contributed by atoms with Gasteiger partial charge < -0.3 is 4.90 Å². The molecule has 17 heavy (non-hydrogen) atoms. The molecule has 1 N–H and O–H groups in total. The van der Waals surface area contributed by atoms with Gasteiger partial charge in [0.05, 0.1) is 23.0 Å². The minimum atomic E-state index is -0.382. The van der Waals surface area contributed by atoms with E-state index in [2.05, 4.69) is 10.4 Å². The molecule has 0 aliphatic carbocycles. The Bertz CT molecular complexity index is 483. The number of hydrogen-bond donors (Lipinski definition) is 1. The SMILES string of the molecule is CCn1nc(C)c(Cl)c1CN1CC(=O)NC1=O. The van der Waals surface area contributed by atoms with Crippen molar-refractivity contribution in [2.75, 3.05) is 6.54 Å². The molecule has 0 aromatic carbocycles. The lowest BCUT2D eigenvalue weighted by Crippen LogP contribution is -2.28. The highest BCUT2D eigenvalue weighted by Crippen LogP contribution is 2.22. The topological polar surface area (TPSA) is 67.2 Å². The van der Waals surface area contributed by atoms with E-state index in [1.807, 2.05) is 13.8 Å². The molecule has 1 fully saturated rings. The summed E-state index contributed by atoms with van der Waals surface area (Å²) in [4.78, 5) is 23.9. The van der Waals surface area contributed by atoms with Crippen LogP contribution in [0.4, 0.5) is 4.79 Å². The van der Waals surface area contributed by atoms with Gasteiger partial charge in [0.2, 0.25) is 5.91 Å². The van der Waals surface area contributed by atoms with Crippen molar-refractivity contribution in [2.45, 2.75) is 26.9 Å². The van der Waals surface area contributed by atoms with Crippen molar-refractivity contribution < 1.29 is 9.59 Å². The van der Waals surface area contributed by atoms with Crippen molar-refractivity contribution in [2.24, 2.45) is 0 Å². The van der Waals surface area contributed by atoms with E-state index < -0.39 is 0 Å². The summed E-state index contributed by atoms with van der Waals surface area (Å²) in [6, 6.07) is -0.382. The van der Waals surface area contributed by atoms with Crippen molar-refractivity contribution in [3.63, 3.8) is 0 Å². The Labute approximate surface area is 104 Å². The van der Waals surface area contributed by atoms with E-state index in [1.165, 1.54) is 4.90 Å². The van der Waals surface area contributed by atoms with Crippen LogP contribution in [-0.4, -0.2) is 33.2 Å². The van der Waals surface area contributed by atoms with Crippen LogP contribution < -0.4 is 5.32 Å². The summed E-state index contributed by atoms with van der Waals surface area (Å²) in [6.45, 7) is 4.80. The zero-order chi connectivity index (χ0) is 12.6. The van der Waals surface area contributed by atoms with Crippen LogP contribution in [0.1, 0.15) is 18.3 Å². The highest BCUT2D eigenvalue weighted by Gasteiger charge is 2.28. The van der Waals surface area contributed by atoms with Crippen LogP contribution in [0.25, 0.3) is 0 Å². The third-order valence-electron chi connectivity index (χ3n) is 2.66. The lowest BCUT2D eigenvalue weighted by molar-refractivity contribution is -0.118. The number of aromatic nitrogens is 2. The van der Waals surface area contributed by atoms with E-state index >= 15 is 0 Å². The molecule has 0 unspecified atom stereocenters. The molecule has 1 saturated heterocycles. The maximum Gasteiger partial charge on any atom is 0.324 e. The first-order valence-corrected chi connectivity index (χ1v) is 5.71. The Morgan fingerprint density at radius 1 is 1.47 bits per heavy atom. The van der Waals surface area contributed by atoms with E-state index in [4.69, 9.17) is 11.6 Å². The zero-order valence-electron chi connectivity index (χ0n) is 9.66. The molecule has 1 aromatic rings. The molecule has 1 aromatic heterocycles. The number of urea groups is 1. The fourth-order valence-electron chi connectivity index (χ4n) is 1.81. The minimum Gasteiger partial charge on any atom is -0.309 e. The second-order valence-electron chi connectivity index (χ2n) is 3.87. The van der Waals surface area contributed by atoms with Crippen molar-refractivity contribution in [1.29, 1.82) is 0 Å². The molecular weight excluding hydrogens is 244 g/mol. The van der Waals surface area contributed by atoms with Crippen molar-refractivity contribution in [3.8, 4) is 0 Å². The zero-order valence-corrected chi connectivity index (χ0v) is 10.4. The average Bonchev–Trinajstić information content (AvgIpc) is 2.73. The lowest BCUT2D eigenvalue weighted by Gasteiger charge is -2.14. The van der Waals surface area contributed by atoms with Gasteiger partial charge in [0.1, 0.15) is 6.54 Å². The maximum absolute atomic E-state index is 11.4. The standard InChI is InChI=1S/C10H13ClN4O2/c1-3-15-7(9(11)6(2)13-15)4-14-5-8(16)12-10(14)17/h3-5H2,1-2H3,(H,12,16,17). The number of imide groups is 1.